The van der Waals surface area contributed by atoms with Crippen molar-refractivity contribution in [3.05, 3.63) is 66.8 Å². The normalized spacial score (nSPS) is 22.2. The van der Waals surface area contributed by atoms with Gasteiger partial charge in [0.1, 0.15) is 0 Å². The SMILES string of the molecule is CCC1=[C]([Hf]([Cl])[Cl])C2=CC=CC(=[Si](C)C)C(C)C2=C1C1=CC([Si](C)(C)C)=CC1. The van der Waals surface area contributed by atoms with Crippen molar-refractivity contribution in [1.29, 1.82) is 0 Å². The van der Waals surface area contributed by atoms with E-state index in [4.69, 9.17) is 17.2 Å². The van der Waals surface area contributed by atoms with Crippen molar-refractivity contribution in [2.75, 3.05) is 0 Å². The quantitative estimate of drug-likeness (QED) is 0.286. The molecule has 0 aromatic rings. The standard InChI is InChI=1S/C23H31Si2.2ClH.Hf/c1-8-17-14-18-10-9-11-21(24(3)4)16(2)22(18)23(17)19-12-13-20(15-19)25(5,6)7;;;/h9-11,13,15-16H,8,12H2,1-7H3;2*1H;/q;;;+2/p-2. The van der Waals surface area contributed by atoms with Crippen molar-refractivity contribution in [3.8, 4) is 0 Å². The monoisotopic (exact) mass is 613 g/mol. The molecule has 0 heterocycles. The van der Waals surface area contributed by atoms with E-state index in [-0.39, 0.29) is 0 Å². The summed E-state index contributed by atoms with van der Waals surface area (Å²) in [6.07, 6.45) is 14.0. The van der Waals surface area contributed by atoms with Gasteiger partial charge in [-0.2, -0.15) is 0 Å². The molecule has 0 amide bonds. The predicted octanol–water partition coefficient (Wildman–Crippen LogP) is 7.66. The first-order valence-corrected chi connectivity index (χ1v) is 26.9. The van der Waals surface area contributed by atoms with Gasteiger partial charge >= 0.3 is 190 Å². The summed E-state index contributed by atoms with van der Waals surface area (Å²) in [5, 5.41) is 3.19. The average Bonchev–Trinajstić information content (AvgIpc) is 3.15. The van der Waals surface area contributed by atoms with Gasteiger partial charge in [-0.05, 0) is 0 Å². The molecule has 0 bridgehead atoms. The molecule has 149 valence electrons. The van der Waals surface area contributed by atoms with Gasteiger partial charge in [-0.3, -0.25) is 0 Å². The summed E-state index contributed by atoms with van der Waals surface area (Å²) in [5.41, 5.74) is 7.32. The Labute approximate surface area is 188 Å². The first-order valence-electron chi connectivity index (χ1n) is 10.2. The van der Waals surface area contributed by atoms with E-state index in [2.05, 4.69) is 77.0 Å². The van der Waals surface area contributed by atoms with Crippen LogP contribution >= 0.6 is 17.2 Å². The third-order valence-electron chi connectivity index (χ3n) is 6.05. The van der Waals surface area contributed by atoms with Crippen LogP contribution in [0.5, 0.6) is 0 Å². The molecule has 3 rings (SSSR count). The predicted molar refractivity (Wildman–Crippen MR) is 129 cm³/mol. The molecule has 0 aliphatic heterocycles. The van der Waals surface area contributed by atoms with Crippen LogP contribution in [0.4, 0.5) is 0 Å². The van der Waals surface area contributed by atoms with E-state index in [1.807, 2.05) is 0 Å². The van der Waals surface area contributed by atoms with Crippen LogP contribution in [0, 0.1) is 5.92 Å². The van der Waals surface area contributed by atoms with Crippen LogP contribution in [0.3, 0.4) is 0 Å². The van der Waals surface area contributed by atoms with Gasteiger partial charge in [0, 0.05) is 0 Å². The molecule has 0 saturated heterocycles. The Hall–Kier alpha value is 0.194. The summed E-state index contributed by atoms with van der Waals surface area (Å²) in [6, 6.07) is 0. The fourth-order valence-corrected chi connectivity index (χ4v) is 14.4. The molecule has 3 aliphatic rings. The van der Waals surface area contributed by atoms with Crippen LogP contribution in [0.15, 0.2) is 66.8 Å². The van der Waals surface area contributed by atoms with E-state index in [9.17, 15) is 0 Å². The van der Waals surface area contributed by atoms with Gasteiger partial charge < -0.3 is 0 Å². The summed E-state index contributed by atoms with van der Waals surface area (Å²) in [4.78, 5) is 0. The minimum absolute atomic E-state index is 0.443. The Morgan fingerprint density at radius 3 is 2.39 bits per heavy atom. The molecule has 0 aromatic carbocycles. The minimum atomic E-state index is -2.76. The summed E-state index contributed by atoms with van der Waals surface area (Å²) in [7, 11) is 11.7. The van der Waals surface area contributed by atoms with Crippen molar-refractivity contribution in [2.45, 2.75) is 59.4 Å². The van der Waals surface area contributed by atoms with E-state index in [0.717, 1.165) is 12.8 Å². The van der Waals surface area contributed by atoms with Crippen molar-refractivity contribution >= 4 is 38.8 Å². The second kappa shape index (κ2) is 8.74. The van der Waals surface area contributed by atoms with Gasteiger partial charge in [0.25, 0.3) is 0 Å². The van der Waals surface area contributed by atoms with Crippen LogP contribution < -0.4 is 0 Å². The molecular formula is C23H31Cl2HfSi2. The van der Waals surface area contributed by atoms with Crippen molar-refractivity contribution in [3.63, 3.8) is 0 Å². The Morgan fingerprint density at radius 1 is 1.21 bits per heavy atom. The van der Waals surface area contributed by atoms with Crippen LogP contribution in [-0.4, -0.2) is 21.7 Å². The summed E-state index contributed by atoms with van der Waals surface area (Å²) in [6.45, 7) is 16.8. The van der Waals surface area contributed by atoms with Gasteiger partial charge in [0.2, 0.25) is 0 Å². The Morgan fingerprint density at radius 2 is 1.89 bits per heavy atom. The first-order chi connectivity index (χ1) is 13.1. The van der Waals surface area contributed by atoms with Crippen molar-refractivity contribution in [1.82, 2.24) is 0 Å². The van der Waals surface area contributed by atoms with Gasteiger partial charge in [0.05, 0.1) is 0 Å². The zero-order valence-electron chi connectivity index (χ0n) is 18.1. The van der Waals surface area contributed by atoms with E-state index in [1.54, 1.807) is 10.4 Å². The average molecular weight is 613 g/mol. The topological polar surface area (TPSA) is 0 Å². The number of allylic oxidation sites excluding steroid dienone is 12. The molecule has 1 unspecified atom stereocenters. The fraction of sp³-hybridized carbons (Fsp3) is 0.435. The van der Waals surface area contributed by atoms with Crippen LogP contribution in [0.1, 0.15) is 26.7 Å². The third-order valence-corrected chi connectivity index (χ3v) is 16.4. The zero-order valence-corrected chi connectivity index (χ0v) is 25.2. The second-order valence-electron chi connectivity index (χ2n) is 9.16. The van der Waals surface area contributed by atoms with Crippen LogP contribution in [0.2, 0.25) is 32.7 Å². The molecule has 0 radical (unpaired) electrons. The molecule has 28 heavy (non-hydrogen) atoms. The first kappa shape index (κ1) is 22.9. The van der Waals surface area contributed by atoms with Gasteiger partial charge in [-0.1, -0.05) is 0 Å². The van der Waals surface area contributed by atoms with Crippen LogP contribution in [0.25, 0.3) is 0 Å². The zero-order chi connectivity index (χ0) is 20.8. The fourth-order valence-electron chi connectivity index (χ4n) is 4.65. The van der Waals surface area contributed by atoms with Gasteiger partial charge in [-0.15, -0.1) is 0 Å². The number of hydrogen-bond acceptors (Lipinski definition) is 0. The third kappa shape index (κ3) is 4.16. The van der Waals surface area contributed by atoms with E-state index >= 15 is 0 Å². The Balaban J connectivity index is 2.26. The molecular weight excluding hydrogens is 582 g/mol. The van der Waals surface area contributed by atoms with Gasteiger partial charge in [0.15, 0.2) is 0 Å². The molecule has 0 nitrogen and oxygen atoms in total. The van der Waals surface area contributed by atoms with E-state index in [1.165, 1.54) is 31.2 Å². The number of fused-ring (bicyclic) bond motifs is 1. The second-order valence-corrected chi connectivity index (χ2v) is 28.2. The molecule has 3 aliphatic carbocycles. The number of hydrogen-bond donors (Lipinski definition) is 0. The Kier molecular flexibility index (Phi) is 7.14. The maximum atomic E-state index is 6.75. The molecule has 1 atom stereocenters. The summed E-state index contributed by atoms with van der Waals surface area (Å²) < 4.78 is 1.35. The van der Waals surface area contributed by atoms with E-state index in [0.29, 0.717) is 5.92 Å². The summed E-state index contributed by atoms with van der Waals surface area (Å²) >= 11 is -2.76. The van der Waals surface area contributed by atoms with Crippen LogP contribution in [-0.2, 0) is 19.1 Å². The molecule has 0 N–H and O–H groups in total. The molecule has 0 saturated carbocycles. The molecule has 0 spiro atoms. The summed E-state index contributed by atoms with van der Waals surface area (Å²) in [5.74, 6) is 0.443. The van der Waals surface area contributed by atoms with Crippen molar-refractivity contribution in [2.24, 2.45) is 5.92 Å². The van der Waals surface area contributed by atoms with Crippen molar-refractivity contribution < 1.29 is 19.1 Å². The Bertz CT molecular complexity index is 915. The molecule has 5 heteroatoms. The maximum absolute atomic E-state index is 6.75. The van der Waals surface area contributed by atoms with E-state index < -0.39 is 35.6 Å². The molecule has 0 aromatic heterocycles. The number of rotatable bonds is 4. The molecule has 0 fully saturated rings. The van der Waals surface area contributed by atoms with Gasteiger partial charge in [-0.25, -0.2) is 0 Å². The number of halogens is 2.